The van der Waals surface area contributed by atoms with Crippen LogP contribution in [0.15, 0.2) is 12.7 Å². The van der Waals surface area contributed by atoms with Crippen LogP contribution in [0.1, 0.15) is 12.8 Å². The van der Waals surface area contributed by atoms with Crippen molar-refractivity contribution >= 4 is 5.97 Å². The number of aliphatic carboxylic acids is 1. The van der Waals surface area contributed by atoms with Gasteiger partial charge >= 0.3 is 5.97 Å². The van der Waals surface area contributed by atoms with Gasteiger partial charge in [-0.1, -0.05) is 6.08 Å². The highest BCUT2D eigenvalue weighted by molar-refractivity contribution is 5.80. The average Bonchev–Trinajstić information content (AvgIpc) is 2.02. The molecule has 0 bridgehead atoms. The van der Waals surface area contributed by atoms with Crippen LogP contribution in [0.3, 0.4) is 0 Å². The molecule has 0 spiro atoms. The second kappa shape index (κ2) is 3.89. The molecule has 0 aliphatic heterocycles. The number of nitrogens with one attached hydrogen (secondary N) is 1. The molecule has 0 heterocycles. The summed E-state index contributed by atoms with van der Waals surface area (Å²) < 4.78 is 5.04. The molecule has 2 N–H and O–H groups in total. The van der Waals surface area contributed by atoms with E-state index in [1.807, 2.05) is 0 Å². The van der Waals surface area contributed by atoms with E-state index in [0.717, 1.165) is 0 Å². The molecule has 0 amide bonds. The normalized spacial score (nSPS) is 32.2. The second-order valence-electron chi connectivity index (χ2n) is 3.32. The Bertz CT molecular complexity index is 209. The molecule has 0 unspecified atom stereocenters. The number of hydrogen-bond donors (Lipinski definition) is 2. The van der Waals surface area contributed by atoms with Crippen molar-refractivity contribution in [2.75, 3.05) is 13.7 Å². The van der Waals surface area contributed by atoms with Gasteiger partial charge in [0.2, 0.25) is 0 Å². The highest BCUT2D eigenvalue weighted by atomic mass is 16.5. The van der Waals surface area contributed by atoms with Crippen LogP contribution >= 0.6 is 0 Å². The third-order valence-corrected chi connectivity index (χ3v) is 2.48. The molecule has 0 atom stereocenters. The minimum absolute atomic E-state index is 0.0772. The summed E-state index contributed by atoms with van der Waals surface area (Å²) in [4.78, 5) is 10.9. The summed E-state index contributed by atoms with van der Waals surface area (Å²) in [7, 11) is 1.60. The molecule has 0 radical (unpaired) electrons. The highest BCUT2D eigenvalue weighted by Gasteiger charge is 2.50. The fourth-order valence-electron chi connectivity index (χ4n) is 1.55. The van der Waals surface area contributed by atoms with Crippen LogP contribution < -0.4 is 5.32 Å². The van der Waals surface area contributed by atoms with Gasteiger partial charge in [0.1, 0.15) is 5.54 Å². The molecule has 1 aliphatic carbocycles. The smallest absolute Gasteiger partial charge is 0.324 e. The van der Waals surface area contributed by atoms with Crippen LogP contribution in [0.25, 0.3) is 0 Å². The predicted octanol–water partition coefficient (Wildman–Crippen LogP) is 0.394. The number of carboxylic acids is 1. The Kier molecular flexibility index (Phi) is 3.06. The van der Waals surface area contributed by atoms with E-state index in [0.29, 0.717) is 19.4 Å². The van der Waals surface area contributed by atoms with Crippen LogP contribution in [0.2, 0.25) is 0 Å². The number of carbonyl (C=O) groups is 1. The van der Waals surface area contributed by atoms with Crippen LogP contribution in [0.5, 0.6) is 0 Å². The predicted molar refractivity (Wildman–Crippen MR) is 48.6 cm³/mol. The lowest BCUT2D eigenvalue weighted by molar-refractivity contribution is -0.156. The molecule has 0 aromatic heterocycles. The lowest BCUT2D eigenvalue weighted by Crippen LogP contribution is -2.63. The summed E-state index contributed by atoms with van der Waals surface area (Å²) in [6, 6.07) is 0. The maximum Gasteiger partial charge on any atom is 0.324 e. The highest BCUT2D eigenvalue weighted by Crippen LogP contribution is 2.34. The van der Waals surface area contributed by atoms with E-state index < -0.39 is 11.5 Å². The van der Waals surface area contributed by atoms with E-state index in [1.165, 1.54) is 0 Å². The van der Waals surface area contributed by atoms with Gasteiger partial charge in [-0.25, -0.2) is 0 Å². The largest absolute Gasteiger partial charge is 0.480 e. The SMILES string of the molecule is C=CCNC1(C(=O)O)CC(OC)C1. The van der Waals surface area contributed by atoms with E-state index in [-0.39, 0.29) is 6.10 Å². The summed E-state index contributed by atoms with van der Waals surface area (Å²) in [5, 5.41) is 11.9. The summed E-state index contributed by atoms with van der Waals surface area (Å²) in [5.41, 5.74) is -0.783. The number of methoxy groups -OCH3 is 1. The number of ether oxygens (including phenoxy) is 1. The van der Waals surface area contributed by atoms with Crippen LogP contribution in [0.4, 0.5) is 0 Å². The molecular formula is C9H15NO3. The summed E-state index contributed by atoms with van der Waals surface area (Å²) in [6.45, 7) is 4.05. The summed E-state index contributed by atoms with van der Waals surface area (Å²) in [6.07, 6.45) is 2.80. The van der Waals surface area contributed by atoms with E-state index in [9.17, 15) is 4.79 Å². The zero-order chi connectivity index (χ0) is 9.90. The van der Waals surface area contributed by atoms with Crippen molar-refractivity contribution in [2.45, 2.75) is 24.5 Å². The van der Waals surface area contributed by atoms with Gasteiger partial charge in [0.15, 0.2) is 0 Å². The lowest BCUT2D eigenvalue weighted by Gasteiger charge is -2.43. The first-order chi connectivity index (χ1) is 6.14. The zero-order valence-electron chi connectivity index (χ0n) is 7.75. The molecule has 4 nitrogen and oxygen atoms in total. The second-order valence-corrected chi connectivity index (χ2v) is 3.32. The van der Waals surface area contributed by atoms with Crippen molar-refractivity contribution in [2.24, 2.45) is 0 Å². The standard InChI is InChI=1S/C9H15NO3/c1-3-4-10-9(8(11)12)5-7(6-9)13-2/h3,7,10H,1,4-6H2,2H3,(H,11,12). The molecule has 4 heteroatoms. The lowest BCUT2D eigenvalue weighted by atomic mass is 9.74. The first kappa shape index (κ1) is 10.2. The Morgan fingerprint density at radius 2 is 2.46 bits per heavy atom. The summed E-state index contributed by atoms with van der Waals surface area (Å²) in [5.74, 6) is -0.803. The Hall–Kier alpha value is -0.870. The maximum atomic E-state index is 10.9. The van der Waals surface area contributed by atoms with Crippen molar-refractivity contribution in [3.05, 3.63) is 12.7 Å². The number of hydrogen-bond acceptors (Lipinski definition) is 3. The van der Waals surface area contributed by atoms with Gasteiger partial charge < -0.3 is 9.84 Å². The van der Waals surface area contributed by atoms with Gasteiger partial charge in [-0.05, 0) is 0 Å². The molecule has 1 aliphatic rings. The van der Waals surface area contributed by atoms with Gasteiger partial charge in [-0.15, -0.1) is 6.58 Å². The van der Waals surface area contributed by atoms with Crippen molar-refractivity contribution in [1.82, 2.24) is 5.32 Å². The van der Waals surface area contributed by atoms with Crippen molar-refractivity contribution < 1.29 is 14.6 Å². The van der Waals surface area contributed by atoms with Crippen LogP contribution in [-0.4, -0.2) is 36.4 Å². The van der Waals surface area contributed by atoms with Crippen molar-refractivity contribution in [1.29, 1.82) is 0 Å². The monoisotopic (exact) mass is 185 g/mol. The topological polar surface area (TPSA) is 58.6 Å². The number of rotatable bonds is 5. The van der Waals surface area contributed by atoms with Crippen molar-refractivity contribution in [3.8, 4) is 0 Å². The Labute approximate surface area is 77.6 Å². The Morgan fingerprint density at radius 1 is 1.85 bits per heavy atom. The molecular weight excluding hydrogens is 170 g/mol. The fourth-order valence-corrected chi connectivity index (χ4v) is 1.55. The molecule has 1 rings (SSSR count). The zero-order valence-corrected chi connectivity index (χ0v) is 7.75. The van der Waals surface area contributed by atoms with Gasteiger partial charge in [0.25, 0.3) is 0 Å². The Balaban J connectivity index is 2.49. The van der Waals surface area contributed by atoms with Gasteiger partial charge in [-0.3, -0.25) is 10.1 Å². The molecule has 0 saturated heterocycles. The first-order valence-corrected chi connectivity index (χ1v) is 4.27. The minimum Gasteiger partial charge on any atom is -0.480 e. The van der Waals surface area contributed by atoms with Gasteiger partial charge in [-0.2, -0.15) is 0 Å². The van der Waals surface area contributed by atoms with Crippen molar-refractivity contribution in [3.63, 3.8) is 0 Å². The molecule has 13 heavy (non-hydrogen) atoms. The van der Waals surface area contributed by atoms with E-state index in [2.05, 4.69) is 11.9 Å². The maximum absolute atomic E-state index is 10.9. The van der Waals surface area contributed by atoms with Crippen LogP contribution in [0, 0.1) is 0 Å². The average molecular weight is 185 g/mol. The fraction of sp³-hybridized carbons (Fsp3) is 0.667. The molecule has 1 fully saturated rings. The Morgan fingerprint density at radius 3 is 2.85 bits per heavy atom. The van der Waals surface area contributed by atoms with Crippen LogP contribution in [-0.2, 0) is 9.53 Å². The van der Waals surface area contributed by atoms with E-state index >= 15 is 0 Å². The minimum atomic E-state index is -0.803. The molecule has 0 aromatic carbocycles. The van der Waals surface area contributed by atoms with E-state index in [1.54, 1.807) is 13.2 Å². The number of carboxylic acid groups (broad SMARTS) is 1. The first-order valence-electron chi connectivity index (χ1n) is 4.27. The van der Waals surface area contributed by atoms with Gasteiger partial charge in [0.05, 0.1) is 6.10 Å². The quantitative estimate of drug-likeness (QED) is 0.608. The van der Waals surface area contributed by atoms with E-state index in [4.69, 9.17) is 9.84 Å². The summed E-state index contributed by atoms with van der Waals surface area (Å²) >= 11 is 0. The third-order valence-electron chi connectivity index (χ3n) is 2.48. The van der Waals surface area contributed by atoms with Gasteiger partial charge in [0, 0.05) is 26.5 Å². The molecule has 1 saturated carbocycles. The molecule has 74 valence electrons. The third kappa shape index (κ3) is 1.89. The molecule has 0 aromatic rings.